The molecule has 244 valence electrons. The number of aromatic nitrogens is 5. The second-order valence-electron chi connectivity index (χ2n) is 12.4. The molecule has 5 heterocycles. The Morgan fingerprint density at radius 1 is 0.957 bits per heavy atom. The predicted octanol–water partition coefficient (Wildman–Crippen LogP) is 4.19. The van der Waals surface area contributed by atoms with Gasteiger partial charge in [-0.2, -0.15) is 0 Å². The molecule has 3 fully saturated rings. The minimum Gasteiger partial charge on any atom is -0.477 e. The smallest absolute Gasteiger partial charge is 0.341 e. The molecule has 6 unspecified atom stereocenters. The molecule has 8 rings (SSSR count). The Balaban J connectivity index is 1.08. The molecule has 4 aromatic rings. The van der Waals surface area contributed by atoms with Crippen molar-refractivity contribution in [3.05, 3.63) is 71.9 Å². The van der Waals surface area contributed by atoms with Crippen molar-refractivity contribution in [2.45, 2.75) is 87.7 Å². The SMILES string of the molecule is O=C(Nc1ncnc2c1ncn2C1OC(COc2ncccc2C(=O)O)C2OC(C3CCCc4ccccc43)OC21)NC1CCCC1. The van der Waals surface area contributed by atoms with Gasteiger partial charge in [0.15, 0.2) is 29.5 Å². The summed E-state index contributed by atoms with van der Waals surface area (Å²) in [5.41, 5.74) is 3.33. The number of imidazole rings is 1. The zero-order valence-corrected chi connectivity index (χ0v) is 25.5. The third kappa shape index (κ3) is 5.66. The fourth-order valence-corrected chi connectivity index (χ4v) is 7.34. The van der Waals surface area contributed by atoms with E-state index in [9.17, 15) is 14.7 Å². The number of hydrogen-bond donors (Lipinski definition) is 3. The lowest BCUT2D eigenvalue weighted by Gasteiger charge is -2.30. The summed E-state index contributed by atoms with van der Waals surface area (Å²) in [6, 6.07) is 11.2. The first-order chi connectivity index (χ1) is 23.0. The minimum atomic E-state index is -1.14. The average Bonchev–Trinajstić information content (AvgIpc) is 3.89. The van der Waals surface area contributed by atoms with E-state index in [1.807, 2.05) is 6.07 Å². The molecule has 2 amide bonds. The first-order valence-corrected chi connectivity index (χ1v) is 16.1. The number of benzene rings is 1. The maximum atomic E-state index is 12.8. The summed E-state index contributed by atoms with van der Waals surface area (Å²) in [7, 11) is 0. The van der Waals surface area contributed by atoms with Crippen LogP contribution >= 0.6 is 0 Å². The van der Waals surface area contributed by atoms with Gasteiger partial charge in [-0.25, -0.2) is 29.5 Å². The second kappa shape index (κ2) is 12.5. The molecular weight excluding hydrogens is 606 g/mol. The number of aryl methyl sites for hydroxylation is 1. The third-order valence-corrected chi connectivity index (χ3v) is 9.55. The monoisotopic (exact) mass is 641 g/mol. The Labute approximate surface area is 269 Å². The molecule has 1 saturated carbocycles. The number of carboxylic acids is 1. The summed E-state index contributed by atoms with van der Waals surface area (Å²) < 4.78 is 27.6. The van der Waals surface area contributed by atoms with Crippen molar-refractivity contribution < 1.29 is 33.6 Å². The molecule has 3 aromatic heterocycles. The van der Waals surface area contributed by atoms with E-state index in [0.29, 0.717) is 11.2 Å². The van der Waals surface area contributed by atoms with E-state index < -0.39 is 36.8 Å². The van der Waals surface area contributed by atoms with Crippen LogP contribution in [0, 0.1) is 0 Å². The van der Waals surface area contributed by atoms with Crippen molar-refractivity contribution in [3.8, 4) is 5.88 Å². The Morgan fingerprint density at radius 3 is 2.68 bits per heavy atom. The zero-order chi connectivity index (χ0) is 31.9. The largest absolute Gasteiger partial charge is 0.477 e. The third-order valence-electron chi connectivity index (χ3n) is 9.55. The molecule has 47 heavy (non-hydrogen) atoms. The van der Waals surface area contributed by atoms with Gasteiger partial charge in [0.25, 0.3) is 0 Å². The number of urea groups is 1. The summed E-state index contributed by atoms with van der Waals surface area (Å²) in [6.07, 6.45) is 8.58. The van der Waals surface area contributed by atoms with Crippen molar-refractivity contribution in [2.24, 2.45) is 0 Å². The summed E-state index contributed by atoms with van der Waals surface area (Å²) in [4.78, 5) is 42.0. The van der Waals surface area contributed by atoms with Gasteiger partial charge >= 0.3 is 12.0 Å². The van der Waals surface area contributed by atoms with Crippen LogP contribution in [-0.4, -0.2) is 78.9 Å². The topological polar surface area (TPSA) is 172 Å². The molecule has 2 aliphatic carbocycles. The molecule has 2 saturated heterocycles. The van der Waals surface area contributed by atoms with Crippen molar-refractivity contribution in [1.82, 2.24) is 29.8 Å². The molecular formula is C33H35N7O7. The van der Waals surface area contributed by atoms with E-state index in [4.69, 9.17) is 18.9 Å². The van der Waals surface area contributed by atoms with Gasteiger partial charge in [0.2, 0.25) is 5.88 Å². The number of pyridine rings is 1. The molecule has 3 N–H and O–H groups in total. The van der Waals surface area contributed by atoms with Crippen molar-refractivity contribution in [2.75, 3.05) is 11.9 Å². The summed E-state index contributed by atoms with van der Waals surface area (Å²) in [5, 5.41) is 15.5. The molecule has 14 nitrogen and oxygen atoms in total. The number of nitrogens with one attached hydrogen (secondary N) is 2. The number of amides is 2. The number of nitrogens with zero attached hydrogens (tertiary/aromatic N) is 5. The van der Waals surface area contributed by atoms with Crippen LogP contribution in [0.5, 0.6) is 5.88 Å². The van der Waals surface area contributed by atoms with Gasteiger partial charge in [-0.15, -0.1) is 0 Å². The maximum Gasteiger partial charge on any atom is 0.341 e. The van der Waals surface area contributed by atoms with Crippen LogP contribution in [0.25, 0.3) is 11.2 Å². The molecule has 14 heteroatoms. The maximum absolute atomic E-state index is 12.8. The minimum absolute atomic E-state index is 0.00677. The highest BCUT2D eigenvalue weighted by atomic mass is 16.8. The molecule has 4 aliphatic rings. The lowest BCUT2D eigenvalue weighted by atomic mass is 9.82. The number of carbonyl (C=O) groups excluding carboxylic acids is 1. The van der Waals surface area contributed by atoms with Gasteiger partial charge in [0, 0.05) is 18.2 Å². The number of carbonyl (C=O) groups is 2. The van der Waals surface area contributed by atoms with Crippen molar-refractivity contribution >= 4 is 29.0 Å². The lowest BCUT2D eigenvalue weighted by Crippen LogP contribution is -2.36. The Kier molecular flexibility index (Phi) is 7.91. The van der Waals surface area contributed by atoms with Gasteiger partial charge in [0.05, 0.1) is 6.33 Å². The van der Waals surface area contributed by atoms with Crippen LogP contribution in [0.4, 0.5) is 10.6 Å². The number of carboxylic acid groups (broad SMARTS) is 1. The number of aromatic carboxylic acids is 1. The molecule has 1 aromatic carbocycles. The lowest BCUT2D eigenvalue weighted by molar-refractivity contribution is -0.159. The molecule has 0 spiro atoms. The number of fused-ring (bicyclic) bond motifs is 3. The molecule has 0 bridgehead atoms. The van der Waals surface area contributed by atoms with Gasteiger partial charge in [-0.1, -0.05) is 37.1 Å². The van der Waals surface area contributed by atoms with Crippen LogP contribution in [0.2, 0.25) is 0 Å². The van der Waals surface area contributed by atoms with Crippen LogP contribution in [-0.2, 0) is 20.6 Å². The van der Waals surface area contributed by atoms with Gasteiger partial charge in [0.1, 0.15) is 36.8 Å². The standard InChI is InChI=1S/C33H35N7O7/c41-31(42)22-13-6-14-34-29(22)44-15-23-25-26(47-32(46-25)21-12-5-8-18-7-1-4-11-20(18)21)30(45-23)40-17-37-24-27(35-16-36-28(24)40)39-33(43)38-19-9-2-3-10-19/h1,4,6-7,11,13-14,16-17,19,21,23,25-26,30,32H,2-3,5,8-10,12,15H2,(H,41,42)(H2,35,36,38,39,43). The second-order valence-corrected chi connectivity index (χ2v) is 12.4. The quantitative estimate of drug-likeness (QED) is 0.252. The molecule has 0 radical (unpaired) electrons. The predicted molar refractivity (Wildman–Crippen MR) is 166 cm³/mol. The number of hydrogen-bond acceptors (Lipinski definition) is 10. The Bertz CT molecular complexity index is 1790. The van der Waals surface area contributed by atoms with Gasteiger partial charge < -0.3 is 29.4 Å². The van der Waals surface area contributed by atoms with Gasteiger partial charge in [-0.3, -0.25) is 9.88 Å². The van der Waals surface area contributed by atoms with Crippen LogP contribution < -0.4 is 15.4 Å². The van der Waals surface area contributed by atoms with Crippen molar-refractivity contribution in [3.63, 3.8) is 0 Å². The summed E-state index contributed by atoms with van der Waals surface area (Å²) >= 11 is 0. The Hall–Kier alpha value is -4.66. The summed E-state index contributed by atoms with van der Waals surface area (Å²) in [6.45, 7) is -0.0257. The van der Waals surface area contributed by atoms with E-state index in [1.54, 1.807) is 17.0 Å². The first-order valence-electron chi connectivity index (χ1n) is 16.1. The van der Waals surface area contributed by atoms with Crippen LogP contribution in [0.15, 0.2) is 55.2 Å². The number of anilines is 1. The van der Waals surface area contributed by atoms with E-state index in [0.717, 1.165) is 44.9 Å². The highest BCUT2D eigenvalue weighted by Crippen LogP contribution is 2.46. The summed E-state index contributed by atoms with van der Waals surface area (Å²) in [5.74, 6) is -0.820. The van der Waals surface area contributed by atoms with Gasteiger partial charge in [-0.05, 0) is 55.4 Å². The fraction of sp³-hybridized carbons (Fsp3) is 0.455. The van der Waals surface area contributed by atoms with E-state index in [1.165, 1.54) is 29.7 Å². The van der Waals surface area contributed by atoms with Crippen molar-refractivity contribution in [1.29, 1.82) is 0 Å². The van der Waals surface area contributed by atoms with E-state index >= 15 is 0 Å². The van der Waals surface area contributed by atoms with Crippen LogP contribution in [0.3, 0.4) is 0 Å². The van der Waals surface area contributed by atoms with E-state index in [-0.39, 0.29) is 41.9 Å². The molecule has 2 aliphatic heterocycles. The highest BCUT2D eigenvalue weighted by molar-refractivity contribution is 5.96. The fourth-order valence-electron chi connectivity index (χ4n) is 7.34. The van der Waals surface area contributed by atoms with E-state index in [2.05, 4.69) is 48.8 Å². The van der Waals surface area contributed by atoms with Crippen LogP contribution in [0.1, 0.15) is 72.2 Å². The average molecular weight is 642 g/mol. The first kappa shape index (κ1) is 29.7. The normalized spacial score (nSPS) is 27.0. The number of ether oxygens (including phenoxy) is 4. The highest BCUT2D eigenvalue weighted by Gasteiger charge is 2.55. The molecule has 6 atom stereocenters. The zero-order valence-electron chi connectivity index (χ0n) is 25.5. The Morgan fingerprint density at radius 2 is 1.81 bits per heavy atom. The number of rotatable bonds is 8.